The monoisotopic (exact) mass is 229 g/mol. The van der Waals surface area contributed by atoms with Gasteiger partial charge in [-0.1, -0.05) is 0 Å². The topological polar surface area (TPSA) is 77.2 Å². The van der Waals surface area contributed by atoms with Crippen LogP contribution >= 0.6 is 11.3 Å². The summed E-state index contributed by atoms with van der Waals surface area (Å²) in [5.74, 6) is -0.111. The molecule has 0 bridgehead atoms. The first-order chi connectivity index (χ1) is 7.33. The van der Waals surface area contributed by atoms with Gasteiger partial charge in [0, 0.05) is 31.1 Å². The minimum Gasteiger partial charge on any atom is -0.370 e. The molecule has 0 aliphatic carbocycles. The van der Waals surface area contributed by atoms with E-state index in [0.29, 0.717) is 19.7 Å². The van der Waals surface area contributed by atoms with Crippen LogP contribution in [-0.2, 0) is 16.0 Å². The number of rotatable bonds is 7. The van der Waals surface area contributed by atoms with Crippen molar-refractivity contribution in [3.8, 4) is 0 Å². The van der Waals surface area contributed by atoms with Crippen LogP contribution in [0.25, 0.3) is 0 Å². The predicted molar refractivity (Wildman–Crippen MR) is 58.7 cm³/mol. The van der Waals surface area contributed by atoms with E-state index < -0.39 is 0 Å². The Hall–Kier alpha value is -0.980. The van der Waals surface area contributed by atoms with Gasteiger partial charge in [0.1, 0.15) is 6.61 Å². The summed E-state index contributed by atoms with van der Waals surface area (Å²) in [6.07, 6.45) is 2.52. The first-order valence-corrected chi connectivity index (χ1v) is 5.64. The molecule has 0 aliphatic rings. The fourth-order valence-electron chi connectivity index (χ4n) is 0.985. The van der Waals surface area contributed by atoms with Crippen LogP contribution in [0.4, 0.5) is 0 Å². The molecule has 0 spiro atoms. The van der Waals surface area contributed by atoms with Crippen molar-refractivity contribution in [1.29, 1.82) is 0 Å². The SMILES string of the molecule is NCCOCC(=O)NCCc1nccs1. The molecule has 1 heterocycles. The van der Waals surface area contributed by atoms with Crippen molar-refractivity contribution in [2.45, 2.75) is 6.42 Å². The molecule has 0 saturated heterocycles. The van der Waals surface area contributed by atoms with Crippen LogP contribution in [0.5, 0.6) is 0 Å². The van der Waals surface area contributed by atoms with E-state index in [9.17, 15) is 4.79 Å². The maximum atomic E-state index is 11.2. The number of hydrogen-bond donors (Lipinski definition) is 2. The van der Waals surface area contributed by atoms with Crippen LogP contribution in [0.2, 0.25) is 0 Å². The summed E-state index contributed by atoms with van der Waals surface area (Å²) in [4.78, 5) is 15.3. The zero-order valence-electron chi connectivity index (χ0n) is 8.44. The van der Waals surface area contributed by atoms with E-state index in [1.807, 2.05) is 5.38 Å². The van der Waals surface area contributed by atoms with Crippen LogP contribution in [0, 0.1) is 0 Å². The summed E-state index contributed by atoms with van der Waals surface area (Å²) in [6, 6.07) is 0. The van der Waals surface area contributed by atoms with Gasteiger partial charge < -0.3 is 15.8 Å². The van der Waals surface area contributed by atoms with Gasteiger partial charge in [-0.25, -0.2) is 4.98 Å². The molecule has 6 heteroatoms. The van der Waals surface area contributed by atoms with Gasteiger partial charge in [0.2, 0.25) is 5.91 Å². The van der Waals surface area contributed by atoms with Gasteiger partial charge in [0.15, 0.2) is 0 Å². The van der Waals surface area contributed by atoms with E-state index in [0.717, 1.165) is 11.4 Å². The lowest BCUT2D eigenvalue weighted by Gasteiger charge is -2.04. The van der Waals surface area contributed by atoms with Gasteiger partial charge in [-0.15, -0.1) is 11.3 Å². The summed E-state index contributed by atoms with van der Waals surface area (Å²) in [5, 5.41) is 5.69. The Morgan fingerprint density at radius 2 is 2.53 bits per heavy atom. The van der Waals surface area contributed by atoms with Gasteiger partial charge in [-0.05, 0) is 0 Å². The Morgan fingerprint density at radius 3 is 3.20 bits per heavy atom. The van der Waals surface area contributed by atoms with E-state index in [-0.39, 0.29) is 12.5 Å². The number of nitrogens with two attached hydrogens (primary N) is 1. The molecule has 5 nitrogen and oxygen atoms in total. The van der Waals surface area contributed by atoms with E-state index >= 15 is 0 Å². The Kier molecular flexibility index (Phi) is 5.91. The zero-order chi connectivity index (χ0) is 10.9. The lowest BCUT2D eigenvalue weighted by Crippen LogP contribution is -2.30. The van der Waals surface area contributed by atoms with E-state index in [1.54, 1.807) is 17.5 Å². The highest BCUT2D eigenvalue weighted by atomic mass is 32.1. The molecule has 0 fully saturated rings. The second kappa shape index (κ2) is 7.33. The van der Waals surface area contributed by atoms with E-state index in [1.165, 1.54) is 0 Å². The predicted octanol–water partition coefficient (Wildman–Crippen LogP) is -0.223. The maximum Gasteiger partial charge on any atom is 0.246 e. The highest BCUT2D eigenvalue weighted by molar-refractivity contribution is 7.09. The Balaban J connectivity index is 2.02. The molecule has 1 rings (SSSR count). The maximum absolute atomic E-state index is 11.2. The number of carbonyl (C=O) groups is 1. The van der Waals surface area contributed by atoms with Crippen LogP contribution in [0.3, 0.4) is 0 Å². The van der Waals surface area contributed by atoms with Crippen molar-refractivity contribution in [3.05, 3.63) is 16.6 Å². The number of nitrogens with one attached hydrogen (secondary N) is 1. The standard InChI is InChI=1S/C9H15N3O2S/c10-2-5-14-7-8(13)11-3-1-9-12-4-6-15-9/h4,6H,1-3,5,7,10H2,(H,11,13). The number of thiazole rings is 1. The van der Waals surface area contributed by atoms with Crippen molar-refractivity contribution < 1.29 is 9.53 Å². The van der Waals surface area contributed by atoms with Crippen molar-refractivity contribution in [3.63, 3.8) is 0 Å². The van der Waals surface area contributed by atoms with Crippen molar-refractivity contribution in [2.75, 3.05) is 26.3 Å². The van der Waals surface area contributed by atoms with E-state index in [2.05, 4.69) is 10.3 Å². The van der Waals surface area contributed by atoms with Gasteiger partial charge in [-0.2, -0.15) is 0 Å². The quantitative estimate of drug-likeness (QED) is 0.634. The number of aromatic nitrogens is 1. The van der Waals surface area contributed by atoms with Crippen LogP contribution in [0.15, 0.2) is 11.6 Å². The lowest BCUT2D eigenvalue weighted by molar-refractivity contribution is -0.125. The molecule has 0 atom stereocenters. The molecule has 15 heavy (non-hydrogen) atoms. The molecule has 3 N–H and O–H groups in total. The molecule has 1 aromatic rings. The fraction of sp³-hybridized carbons (Fsp3) is 0.556. The summed E-state index contributed by atoms with van der Waals surface area (Å²) < 4.78 is 4.98. The summed E-state index contributed by atoms with van der Waals surface area (Å²) in [6.45, 7) is 1.53. The number of ether oxygens (including phenoxy) is 1. The minimum absolute atomic E-state index is 0.0784. The highest BCUT2D eigenvalue weighted by Gasteiger charge is 2.01. The van der Waals surface area contributed by atoms with Crippen LogP contribution < -0.4 is 11.1 Å². The molecule has 1 amide bonds. The van der Waals surface area contributed by atoms with Gasteiger partial charge in [0.05, 0.1) is 11.6 Å². The Bertz CT molecular complexity index is 277. The van der Waals surface area contributed by atoms with Crippen molar-refractivity contribution in [2.24, 2.45) is 5.73 Å². The third-order valence-electron chi connectivity index (χ3n) is 1.64. The molecule has 0 aliphatic heterocycles. The average molecular weight is 229 g/mol. The minimum atomic E-state index is -0.111. The largest absolute Gasteiger partial charge is 0.370 e. The van der Waals surface area contributed by atoms with Crippen molar-refractivity contribution in [1.82, 2.24) is 10.3 Å². The molecule has 1 aromatic heterocycles. The number of amides is 1. The first-order valence-electron chi connectivity index (χ1n) is 4.76. The average Bonchev–Trinajstić information content (AvgIpc) is 2.71. The van der Waals surface area contributed by atoms with Gasteiger partial charge in [-0.3, -0.25) is 4.79 Å². The Morgan fingerprint density at radius 1 is 1.67 bits per heavy atom. The number of hydrogen-bond acceptors (Lipinski definition) is 5. The van der Waals surface area contributed by atoms with Gasteiger partial charge in [0.25, 0.3) is 0 Å². The smallest absolute Gasteiger partial charge is 0.246 e. The molecular formula is C9H15N3O2S. The molecule has 0 radical (unpaired) electrons. The molecule has 0 aromatic carbocycles. The summed E-state index contributed by atoms with van der Waals surface area (Å²) in [7, 11) is 0. The third-order valence-corrected chi connectivity index (χ3v) is 2.48. The fourth-order valence-corrected chi connectivity index (χ4v) is 1.60. The van der Waals surface area contributed by atoms with Crippen molar-refractivity contribution >= 4 is 17.2 Å². The Labute approximate surface area is 92.6 Å². The second-order valence-electron chi connectivity index (χ2n) is 2.87. The van der Waals surface area contributed by atoms with Gasteiger partial charge >= 0.3 is 0 Å². The second-order valence-corrected chi connectivity index (χ2v) is 3.85. The molecule has 84 valence electrons. The van der Waals surface area contributed by atoms with Crippen LogP contribution in [0.1, 0.15) is 5.01 Å². The summed E-state index contributed by atoms with van der Waals surface area (Å²) in [5.41, 5.74) is 5.22. The number of nitrogens with zero attached hydrogens (tertiary/aromatic N) is 1. The molecular weight excluding hydrogens is 214 g/mol. The summed E-state index contributed by atoms with van der Waals surface area (Å²) >= 11 is 1.59. The zero-order valence-corrected chi connectivity index (χ0v) is 9.26. The number of carbonyl (C=O) groups excluding carboxylic acids is 1. The molecule has 0 saturated carbocycles. The lowest BCUT2D eigenvalue weighted by atomic mass is 10.4. The molecule has 0 unspecified atom stereocenters. The van der Waals surface area contributed by atoms with E-state index in [4.69, 9.17) is 10.5 Å². The third kappa shape index (κ3) is 5.46. The normalized spacial score (nSPS) is 10.2. The first kappa shape index (κ1) is 12.1. The highest BCUT2D eigenvalue weighted by Crippen LogP contribution is 2.03. The van der Waals surface area contributed by atoms with Crippen LogP contribution in [-0.4, -0.2) is 37.2 Å².